The molecule has 2 unspecified atom stereocenters. The lowest BCUT2D eigenvalue weighted by Crippen LogP contribution is -2.58. The van der Waals surface area contributed by atoms with Gasteiger partial charge in [0.15, 0.2) is 0 Å². The van der Waals surface area contributed by atoms with E-state index in [-0.39, 0.29) is 5.97 Å². The van der Waals surface area contributed by atoms with Crippen molar-refractivity contribution in [2.75, 3.05) is 26.7 Å². The molecule has 21 heavy (non-hydrogen) atoms. The van der Waals surface area contributed by atoms with Crippen LogP contribution in [0, 0.1) is 17.3 Å². The van der Waals surface area contributed by atoms with E-state index in [9.17, 15) is 4.79 Å². The van der Waals surface area contributed by atoms with Crippen molar-refractivity contribution in [2.24, 2.45) is 23.0 Å². The van der Waals surface area contributed by atoms with Gasteiger partial charge in [-0.15, -0.1) is 0 Å². The van der Waals surface area contributed by atoms with Crippen LogP contribution in [-0.4, -0.2) is 43.2 Å². The van der Waals surface area contributed by atoms with Gasteiger partial charge in [-0.1, -0.05) is 20.8 Å². The van der Waals surface area contributed by atoms with Gasteiger partial charge in [0, 0.05) is 6.54 Å². The summed E-state index contributed by atoms with van der Waals surface area (Å²) in [5, 5.41) is 0. The summed E-state index contributed by atoms with van der Waals surface area (Å²) in [4.78, 5) is 14.5. The van der Waals surface area contributed by atoms with E-state index < -0.39 is 5.54 Å². The summed E-state index contributed by atoms with van der Waals surface area (Å²) in [5.74, 6) is 0.835. The highest BCUT2D eigenvalue weighted by Crippen LogP contribution is 2.40. The average molecular weight is 296 g/mol. The molecule has 2 N–H and O–H groups in total. The van der Waals surface area contributed by atoms with Crippen molar-refractivity contribution in [3.8, 4) is 0 Å². The molecule has 1 aliphatic heterocycles. The second kappa shape index (κ2) is 6.25. The molecule has 0 aromatic rings. The van der Waals surface area contributed by atoms with Crippen LogP contribution in [0.25, 0.3) is 0 Å². The first-order chi connectivity index (χ1) is 9.77. The molecule has 1 saturated heterocycles. The lowest BCUT2D eigenvalue weighted by molar-refractivity contribution is -0.148. The zero-order valence-electron chi connectivity index (χ0n) is 14.2. The molecule has 0 spiro atoms. The van der Waals surface area contributed by atoms with Crippen molar-refractivity contribution in [3.63, 3.8) is 0 Å². The average Bonchev–Trinajstić information content (AvgIpc) is 3.23. The van der Waals surface area contributed by atoms with Crippen molar-refractivity contribution in [1.82, 2.24) is 4.90 Å². The molecule has 1 aliphatic carbocycles. The number of hydrogen-bond acceptors (Lipinski definition) is 4. The fourth-order valence-corrected chi connectivity index (χ4v) is 3.70. The molecular weight excluding hydrogens is 264 g/mol. The van der Waals surface area contributed by atoms with E-state index in [4.69, 9.17) is 10.5 Å². The Balaban J connectivity index is 1.97. The number of carbonyl (C=O) groups is 1. The molecule has 122 valence electrons. The van der Waals surface area contributed by atoms with Crippen molar-refractivity contribution in [2.45, 2.75) is 58.4 Å². The molecule has 2 aliphatic rings. The van der Waals surface area contributed by atoms with E-state index in [1.54, 1.807) is 0 Å². The van der Waals surface area contributed by atoms with Gasteiger partial charge in [0.25, 0.3) is 0 Å². The van der Waals surface area contributed by atoms with E-state index in [0.717, 1.165) is 31.8 Å². The first kappa shape index (κ1) is 16.8. The molecule has 2 atom stereocenters. The summed E-state index contributed by atoms with van der Waals surface area (Å²) in [6, 6.07) is 0. The van der Waals surface area contributed by atoms with Crippen molar-refractivity contribution >= 4 is 5.97 Å². The summed E-state index contributed by atoms with van der Waals surface area (Å²) in [6.45, 7) is 9.75. The van der Waals surface area contributed by atoms with Crippen molar-refractivity contribution in [3.05, 3.63) is 0 Å². The van der Waals surface area contributed by atoms with Gasteiger partial charge in [0.2, 0.25) is 0 Å². The Kier molecular flexibility index (Phi) is 4.99. The van der Waals surface area contributed by atoms with Crippen LogP contribution in [0.4, 0.5) is 0 Å². The molecule has 4 heteroatoms. The smallest absolute Gasteiger partial charge is 0.327 e. The predicted molar refractivity (Wildman–Crippen MR) is 84.9 cm³/mol. The van der Waals surface area contributed by atoms with Gasteiger partial charge in [-0.2, -0.15) is 0 Å². The summed E-state index contributed by atoms with van der Waals surface area (Å²) in [6.07, 6.45) is 5.79. The number of nitrogens with two attached hydrogens (primary N) is 1. The van der Waals surface area contributed by atoms with Crippen molar-refractivity contribution in [1.29, 1.82) is 0 Å². The second-order valence-electron chi connectivity index (χ2n) is 8.08. The number of nitrogens with zero attached hydrogens (tertiary/aromatic N) is 1. The SMILES string of the molecule is COC(=O)C(N)(CN1CCCC(C(C)(C)C)CC1)C1CC1. The minimum absolute atomic E-state index is 0.235. The third-order valence-corrected chi connectivity index (χ3v) is 5.40. The fourth-order valence-electron chi connectivity index (χ4n) is 3.70. The minimum atomic E-state index is -0.795. The second-order valence-corrected chi connectivity index (χ2v) is 8.08. The molecule has 0 aromatic heterocycles. The van der Waals surface area contributed by atoms with Gasteiger partial charge in [-0.05, 0) is 62.4 Å². The maximum atomic E-state index is 12.1. The largest absolute Gasteiger partial charge is 0.468 e. The summed E-state index contributed by atoms with van der Waals surface area (Å²) < 4.78 is 4.97. The number of methoxy groups -OCH3 is 1. The predicted octanol–water partition coefficient (Wildman–Crippen LogP) is 2.42. The van der Waals surface area contributed by atoms with E-state index in [1.807, 2.05) is 0 Å². The molecule has 0 radical (unpaired) electrons. The van der Waals surface area contributed by atoms with Crippen LogP contribution in [0.15, 0.2) is 0 Å². The highest BCUT2D eigenvalue weighted by atomic mass is 16.5. The van der Waals surface area contributed by atoms with Gasteiger partial charge in [0.05, 0.1) is 7.11 Å². The molecule has 4 nitrogen and oxygen atoms in total. The zero-order chi connectivity index (χ0) is 15.7. The molecule has 2 rings (SSSR count). The maximum absolute atomic E-state index is 12.1. The van der Waals surface area contributed by atoms with E-state index in [1.165, 1.54) is 26.4 Å². The Bertz CT molecular complexity index is 373. The molecule has 0 bridgehead atoms. The van der Waals surface area contributed by atoms with E-state index in [0.29, 0.717) is 17.9 Å². The molecule has 1 saturated carbocycles. The Morgan fingerprint density at radius 3 is 2.33 bits per heavy atom. The Hall–Kier alpha value is -0.610. The molecular formula is C17H32N2O2. The summed E-state index contributed by atoms with van der Waals surface area (Å²) >= 11 is 0. The third-order valence-electron chi connectivity index (χ3n) is 5.40. The minimum Gasteiger partial charge on any atom is -0.468 e. The number of rotatable bonds is 4. The van der Waals surface area contributed by atoms with Gasteiger partial charge < -0.3 is 15.4 Å². The van der Waals surface area contributed by atoms with Gasteiger partial charge >= 0.3 is 5.97 Å². The summed E-state index contributed by atoms with van der Waals surface area (Å²) in [7, 11) is 1.45. The van der Waals surface area contributed by atoms with Gasteiger partial charge in [-0.3, -0.25) is 4.79 Å². The fraction of sp³-hybridized carbons (Fsp3) is 0.941. The Labute approximate surface area is 129 Å². The van der Waals surface area contributed by atoms with Gasteiger partial charge in [-0.25, -0.2) is 0 Å². The van der Waals surface area contributed by atoms with Crippen molar-refractivity contribution < 1.29 is 9.53 Å². The standard InChI is InChI=1S/C17H32N2O2/c1-16(2,3)13-6-5-10-19(11-9-13)12-17(18,14-7-8-14)15(20)21-4/h13-14H,5-12,18H2,1-4H3. The highest BCUT2D eigenvalue weighted by molar-refractivity contribution is 5.81. The zero-order valence-corrected chi connectivity index (χ0v) is 14.2. The van der Waals surface area contributed by atoms with Crippen LogP contribution in [0.5, 0.6) is 0 Å². The first-order valence-electron chi connectivity index (χ1n) is 8.37. The van der Waals surface area contributed by atoms with Crippen LogP contribution >= 0.6 is 0 Å². The van der Waals surface area contributed by atoms with Crippen LogP contribution in [0.1, 0.15) is 52.9 Å². The summed E-state index contributed by atoms with van der Waals surface area (Å²) in [5.41, 5.74) is 6.02. The third kappa shape index (κ3) is 3.98. The number of likely N-dealkylation sites (tertiary alicyclic amines) is 1. The Morgan fingerprint density at radius 2 is 1.81 bits per heavy atom. The molecule has 2 fully saturated rings. The molecule has 0 amide bonds. The van der Waals surface area contributed by atoms with E-state index in [2.05, 4.69) is 25.7 Å². The maximum Gasteiger partial charge on any atom is 0.327 e. The molecule has 0 aromatic carbocycles. The molecule has 1 heterocycles. The van der Waals surface area contributed by atoms with E-state index >= 15 is 0 Å². The highest BCUT2D eigenvalue weighted by Gasteiger charge is 2.50. The Morgan fingerprint density at radius 1 is 1.14 bits per heavy atom. The number of esters is 1. The first-order valence-corrected chi connectivity index (χ1v) is 8.37. The normalized spacial score (nSPS) is 27.8. The topological polar surface area (TPSA) is 55.6 Å². The monoisotopic (exact) mass is 296 g/mol. The van der Waals surface area contributed by atoms with Crippen LogP contribution in [-0.2, 0) is 9.53 Å². The number of carbonyl (C=O) groups excluding carboxylic acids is 1. The number of hydrogen-bond donors (Lipinski definition) is 1. The lowest BCUT2D eigenvalue weighted by atomic mass is 9.77. The van der Waals surface area contributed by atoms with Crippen LogP contribution in [0.2, 0.25) is 0 Å². The van der Waals surface area contributed by atoms with Crippen LogP contribution in [0.3, 0.4) is 0 Å². The van der Waals surface area contributed by atoms with Gasteiger partial charge in [0.1, 0.15) is 5.54 Å². The quantitative estimate of drug-likeness (QED) is 0.810. The lowest BCUT2D eigenvalue weighted by Gasteiger charge is -2.33. The van der Waals surface area contributed by atoms with Crippen LogP contribution < -0.4 is 5.73 Å². The number of ether oxygens (including phenoxy) is 1.